The first kappa shape index (κ1) is 22.3. The summed E-state index contributed by atoms with van der Waals surface area (Å²) in [7, 11) is 2.81. The molecule has 1 aliphatic rings. The second kappa shape index (κ2) is 10.0. The molecular weight excluding hydrogens is 430 g/mol. The van der Waals surface area contributed by atoms with Crippen LogP contribution in [0.2, 0.25) is 0 Å². The molecule has 1 saturated carbocycles. The Morgan fingerprint density at radius 3 is 2.15 bits per heavy atom. The van der Waals surface area contributed by atoms with Gasteiger partial charge in [0.1, 0.15) is 0 Å². The van der Waals surface area contributed by atoms with Gasteiger partial charge in [0.15, 0.2) is 23.3 Å². The highest BCUT2D eigenvalue weighted by molar-refractivity contribution is 8.76. The number of benzene rings is 1. The molecule has 1 aromatic carbocycles. The van der Waals surface area contributed by atoms with Crippen LogP contribution in [0, 0.1) is 35.0 Å². The van der Waals surface area contributed by atoms with Crippen LogP contribution in [0.5, 0.6) is 0 Å². The summed E-state index contributed by atoms with van der Waals surface area (Å²) in [5.74, 6) is -9.36. The quantitative estimate of drug-likeness (QED) is 0.110. The molecule has 0 heterocycles. The zero-order chi connectivity index (χ0) is 19.4. The van der Waals surface area contributed by atoms with Gasteiger partial charge in [-0.05, 0) is 38.4 Å². The van der Waals surface area contributed by atoms with Crippen molar-refractivity contribution in [3.8, 4) is 0 Å². The number of rotatable bonds is 7. The number of hydrogen-bond acceptors (Lipinski definition) is 4. The fraction of sp³-hybridized carbons (Fsp3) is 0.500. The van der Waals surface area contributed by atoms with E-state index in [1.807, 2.05) is 13.2 Å². The normalized spacial score (nSPS) is 23.7. The average Bonchev–Trinajstić information content (AvgIpc) is 2.62. The van der Waals surface area contributed by atoms with Crippen molar-refractivity contribution in [1.82, 2.24) is 0 Å². The van der Waals surface area contributed by atoms with Gasteiger partial charge in [-0.3, -0.25) is 0 Å². The van der Waals surface area contributed by atoms with E-state index < -0.39 is 42.0 Å². The zero-order valence-corrected chi connectivity index (χ0v) is 17.5. The van der Waals surface area contributed by atoms with Crippen LogP contribution in [0.1, 0.15) is 26.2 Å². The highest BCUT2D eigenvalue weighted by Gasteiger charge is 2.33. The first-order chi connectivity index (χ1) is 12.3. The van der Waals surface area contributed by atoms with Crippen molar-refractivity contribution in [2.24, 2.45) is 5.92 Å². The molecule has 0 N–H and O–H groups in total. The molecule has 0 aromatic heterocycles. The molecule has 2 rings (SSSR count). The van der Waals surface area contributed by atoms with Crippen LogP contribution < -0.4 is 0 Å². The minimum Gasteiger partial charge on any atom is -0.347 e. The molecule has 0 bridgehead atoms. The maximum atomic E-state index is 13.7. The third kappa shape index (κ3) is 5.10. The average molecular weight is 448 g/mol. The molecule has 4 atom stereocenters. The van der Waals surface area contributed by atoms with E-state index >= 15 is 0 Å². The van der Waals surface area contributed by atoms with Gasteiger partial charge in [-0.1, -0.05) is 45.1 Å². The summed E-state index contributed by atoms with van der Waals surface area (Å²) in [6.07, 6.45) is 4.46. The third-order valence-corrected chi connectivity index (χ3v) is 8.65. The SMILES string of the molecule is C=C(C)C1CCC(SSC)C(OPSc2c(F)c(F)c(F)c(F)c2F)C1. The van der Waals surface area contributed by atoms with E-state index in [4.69, 9.17) is 4.52 Å². The molecule has 4 unspecified atom stereocenters. The van der Waals surface area contributed by atoms with Gasteiger partial charge in [0, 0.05) is 5.25 Å². The van der Waals surface area contributed by atoms with E-state index in [1.165, 1.54) is 0 Å². The Kier molecular flexibility index (Phi) is 8.60. The maximum Gasteiger partial charge on any atom is 0.200 e. The predicted molar refractivity (Wildman–Crippen MR) is 102 cm³/mol. The van der Waals surface area contributed by atoms with E-state index in [0.29, 0.717) is 17.3 Å². The molecule has 1 fully saturated rings. The van der Waals surface area contributed by atoms with Gasteiger partial charge in [0.05, 0.1) is 19.0 Å². The molecular formula is C16H18F5OPS3. The summed E-state index contributed by atoms with van der Waals surface area (Å²) in [6.45, 7) is 5.93. The summed E-state index contributed by atoms with van der Waals surface area (Å²) < 4.78 is 72.8. The number of allylic oxidation sites excluding steroid dienone is 1. The topological polar surface area (TPSA) is 9.23 Å². The minimum absolute atomic E-state index is 0.157. The van der Waals surface area contributed by atoms with E-state index in [2.05, 4.69) is 6.58 Å². The highest BCUT2D eigenvalue weighted by atomic mass is 33.1. The first-order valence-electron chi connectivity index (χ1n) is 7.71. The second-order valence-electron chi connectivity index (χ2n) is 5.90. The Morgan fingerprint density at radius 1 is 1.04 bits per heavy atom. The Bertz CT molecular complexity index is 647. The number of hydrogen-bond donors (Lipinski definition) is 0. The zero-order valence-electron chi connectivity index (χ0n) is 14.1. The molecule has 10 heteroatoms. The predicted octanol–water partition coefficient (Wildman–Crippen LogP) is 7.12. The molecule has 1 nitrogen and oxygen atoms in total. The van der Waals surface area contributed by atoms with Gasteiger partial charge in [0.2, 0.25) is 5.82 Å². The van der Waals surface area contributed by atoms with Gasteiger partial charge in [0.25, 0.3) is 0 Å². The van der Waals surface area contributed by atoms with Crippen molar-refractivity contribution < 1.29 is 26.5 Å². The van der Waals surface area contributed by atoms with E-state index in [0.717, 1.165) is 24.8 Å². The van der Waals surface area contributed by atoms with Crippen LogP contribution in [0.3, 0.4) is 0 Å². The smallest absolute Gasteiger partial charge is 0.200 e. The van der Waals surface area contributed by atoms with Gasteiger partial charge >= 0.3 is 0 Å². The van der Waals surface area contributed by atoms with Crippen molar-refractivity contribution in [1.29, 1.82) is 0 Å². The third-order valence-electron chi connectivity index (χ3n) is 4.16. The molecule has 1 aliphatic carbocycles. The van der Waals surface area contributed by atoms with Crippen molar-refractivity contribution in [3.05, 3.63) is 41.2 Å². The van der Waals surface area contributed by atoms with E-state index in [9.17, 15) is 22.0 Å². The highest BCUT2D eigenvalue weighted by Crippen LogP contribution is 2.48. The molecule has 0 amide bonds. The molecule has 0 spiro atoms. The molecule has 0 saturated heterocycles. The molecule has 146 valence electrons. The molecule has 0 radical (unpaired) electrons. The summed E-state index contributed by atoms with van der Waals surface area (Å²) in [6, 6.07) is 0. The molecule has 1 aromatic rings. The van der Waals surface area contributed by atoms with Crippen molar-refractivity contribution in [3.63, 3.8) is 0 Å². The lowest BCUT2D eigenvalue weighted by Gasteiger charge is -2.35. The lowest BCUT2D eigenvalue weighted by atomic mass is 9.83. The monoisotopic (exact) mass is 448 g/mol. The summed E-state index contributed by atoms with van der Waals surface area (Å²) >= 11 is 0.504. The Hall–Kier alpha value is 0.0500. The van der Waals surface area contributed by atoms with Gasteiger partial charge in [-0.2, -0.15) is 0 Å². The largest absolute Gasteiger partial charge is 0.347 e. The molecule has 26 heavy (non-hydrogen) atoms. The Balaban J connectivity index is 2.06. The molecule has 0 aliphatic heterocycles. The van der Waals surface area contributed by atoms with Crippen LogP contribution in [-0.2, 0) is 4.52 Å². The maximum absolute atomic E-state index is 13.7. The Morgan fingerprint density at radius 2 is 1.62 bits per heavy atom. The summed E-state index contributed by atoms with van der Waals surface area (Å²) in [4.78, 5) is -0.902. The fourth-order valence-corrected chi connectivity index (χ4v) is 7.16. The van der Waals surface area contributed by atoms with Gasteiger partial charge < -0.3 is 4.52 Å². The van der Waals surface area contributed by atoms with Crippen LogP contribution >= 0.6 is 41.0 Å². The van der Waals surface area contributed by atoms with E-state index in [-0.39, 0.29) is 11.4 Å². The summed E-state index contributed by atoms with van der Waals surface area (Å²) in [5.41, 5.74) is 1.06. The van der Waals surface area contributed by atoms with Crippen molar-refractivity contribution in [2.75, 3.05) is 6.26 Å². The fourth-order valence-electron chi connectivity index (χ4n) is 2.71. The van der Waals surface area contributed by atoms with Gasteiger partial charge in [-0.25, -0.2) is 22.0 Å². The van der Waals surface area contributed by atoms with E-state index in [1.54, 1.807) is 21.6 Å². The first-order valence-corrected chi connectivity index (χ1v) is 12.8. The van der Waals surface area contributed by atoms with Crippen LogP contribution in [-0.4, -0.2) is 17.6 Å². The number of halogens is 5. The standard InChI is InChI=1S/C16H18F5OPS3/c1-7(2)8-4-5-10(26-24-3)9(6-8)22-23-25-16-14(20)12(18)11(17)13(19)15(16)21/h8-10,23H,1,4-6H2,2-3H3. The van der Waals surface area contributed by atoms with Crippen LogP contribution in [0.4, 0.5) is 22.0 Å². The van der Waals surface area contributed by atoms with Crippen molar-refractivity contribution in [2.45, 2.75) is 42.4 Å². The lowest BCUT2D eigenvalue weighted by Crippen LogP contribution is -2.32. The van der Waals surface area contributed by atoms with Crippen LogP contribution in [0.25, 0.3) is 0 Å². The lowest BCUT2D eigenvalue weighted by molar-refractivity contribution is 0.164. The second-order valence-corrected chi connectivity index (χ2v) is 10.7. The van der Waals surface area contributed by atoms with Crippen LogP contribution in [0.15, 0.2) is 17.0 Å². The van der Waals surface area contributed by atoms with Crippen molar-refractivity contribution >= 4 is 41.0 Å². The van der Waals surface area contributed by atoms with Gasteiger partial charge in [-0.15, -0.1) is 0 Å². The summed E-state index contributed by atoms with van der Waals surface area (Å²) in [5, 5.41) is 0.213. The minimum atomic E-state index is -2.15. The Labute approximate surface area is 163 Å².